The molecule has 100 valence electrons. The number of hydrogen-bond acceptors (Lipinski definition) is 2. The lowest BCUT2D eigenvalue weighted by atomic mass is 9.73. The molecule has 1 aromatic carbocycles. The zero-order chi connectivity index (χ0) is 13.2. The minimum atomic E-state index is 0.352. The summed E-state index contributed by atoms with van der Waals surface area (Å²) in [5, 5.41) is 4.29. The SMILES string of the molecule is COc1ccc(NC2CCCCC2(C)C)cc1Cl. The Hall–Kier alpha value is -0.890. The third kappa shape index (κ3) is 2.92. The molecule has 0 aliphatic heterocycles. The molecule has 1 aliphatic rings. The van der Waals surface area contributed by atoms with Crippen LogP contribution in [0.3, 0.4) is 0 Å². The molecule has 1 N–H and O–H groups in total. The third-order valence-electron chi connectivity index (χ3n) is 4.00. The van der Waals surface area contributed by atoms with Crippen LogP contribution in [-0.2, 0) is 0 Å². The van der Waals surface area contributed by atoms with E-state index >= 15 is 0 Å². The molecule has 0 spiro atoms. The standard InChI is InChI=1S/C15H22ClNO/c1-15(2)9-5-4-6-14(15)17-11-7-8-13(18-3)12(16)10-11/h7-8,10,14,17H,4-6,9H2,1-3H3. The van der Waals surface area contributed by atoms with Crippen molar-refractivity contribution in [3.8, 4) is 5.75 Å². The van der Waals surface area contributed by atoms with Crippen LogP contribution in [0.2, 0.25) is 5.02 Å². The number of anilines is 1. The molecule has 2 nitrogen and oxygen atoms in total. The number of nitrogens with one attached hydrogen (secondary N) is 1. The molecular formula is C15H22ClNO. The van der Waals surface area contributed by atoms with E-state index in [4.69, 9.17) is 16.3 Å². The Morgan fingerprint density at radius 1 is 1.33 bits per heavy atom. The minimum absolute atomic E-state index is 0.352. The Morgan fingerprint density at radius 2 is 2.11 bits per heavy atom. The van der Waals surface area contributed by atoms with E-state index in [0.717, 1.165) is 11.4 Å². The Labute approximate surface area is 115 Å². The Balaban J connectivity index is 2.11. The maximum absolute atomic E-state index is 6.15. The summed E-state index contributed by atoms with van der Waals surface area (Å²) in [6, 6.07) is 6.43. The summed E-state index contributed by atoms with van der Waals surface area (Å²) >= 11 is 6.15. The molecule has 1 atom stereocenters. The van der Waals surface area contributed by atoms with Crippen molar-refractivity contribution < 1.29 is 4.74 Å². The first-order valence-corrected chi connectivity index (χ1v) is 7.01. The summed E-state index contributed by atoms with van der Waals surface area (Å²) in [7, 11) is 1.64. The molecule has 18 heavy (non-hydrogen) atoms. The number of benzene rings is 1. The van der Waals surface area contributed by atoms with Gasteiger partial charge in [0.25, 0.3) is 0 Å². The van der Waals surface area contributed by atoms with Crippen molar-refractivity contribution in [2.45, 2.75) is 45.6 Å². The Bertz CT molecular complexity index is 417. The number of methoxy groups -OCH3 is 1. The van der Waals surface area contributed by atoms with Crippen LogP contribution in [0.25, 0.3) is 0 Å². The number of halogens is 1. The number of rotatable bonds is 3. The van der Waals surface area contributed by atoms with Gasteiger partial charge in [0, 0.05) is 11.7 Å². The number of ether oxygens (including phenoxy) is 1. The zero-order valence-corrected chi connectivity index (χ0v) is 12.2. The van der Waals surface area contributed by atoms with Crippen LogP contribution >= 0.6 is 11.6 Å². The van der Waals surface area contributed by atoms with E-state index in [9.17, 15) is 0 Å². The zero-order valence-electron chi connectivity index (χ0n) is 11.4. The van der Waals surface area contributed by atoms with Crippen LogP contribution in [0.1, 0.15) is 39.5 Å². The van der Waals surface area contributed by atoms with Gasteiger partial charge in [-0.25, -0.2) is 0 Å². The minimum Gasteiger partial charge on any atom is -0.495 e. The molecule has 2 rings (SSSR count). The fourth-order valence-corrected chi connectivity index (χ4v) is 2.98. The summed E-state index contributed by atoms with van der Waals surface area (Å²) in [4.78, 5) is 0. The average Bonchev–Trinajstić information content (AvgIpc) is 2.32. The fraction of sp³-hybridized carbons (Fsp3) is 0.600. The highest BCUT2D eigenvalue weighted by Gasteiger charge is 2.31. The van der Waals surface area contributed by atoms with Gasteiger partial charge in [0.1, 0.15) is 5.75 Å². The topological polar surface area (TPSA) is 21.3 Å². The highest BCUT2D eigenvalue weighted by molar-refractivity contribution is 6.32. The lowest BCUT2D eigenvalue weighted by Gasteiger charge is -2.39. The van der Waals surface area contributed by atoms with E-state index in [1.165, 1.54) is 25.7 Å². The lowest BCUT2D eigenvalue weighted by Crippen LogP contribution is -2.38. The van der Waals surface area contributed by atoms with Crippen molar-refractivity contribution in [1.29, 1.82) is 0 Å². The molecule has 1 saturated carbocycles. The van der Waals surface area contributed by atoms with Crippen LogP contribution in [0.5, 0.6) is 5.75 Å². The monoisotopic (exact) mass is 267 g/mol. The Morgan fingerprint density at radius 3 is 2.72 bits per heavy atom. The summed E-state index contributed by atoms with van der Waals surface area (Å²) < 4.78 is 5.17. The van der Waals surface area contributed by atoms with Crippen LogP contribution in [-0.4, -0.2) is 13.2 Å². The molecule has 0 radical (unpaired) electrons. The van der Waals surface area contributed by atoms with E-state index in [1.807, 2.05) is 18.2 Å². The molecule has 1 fully saturated rings. The van der Waals surface area contributed by atoms with Gasteiger partial charge < -0.3 is 10.1 Å². The van der Waals surface area contributed by atoms with E-state index in [2.05, 4.69) is 19.2 Å². The van der Waals surface area contributed by atoms with Crippen molar-refractivity contribution >= 4 is 17.3 Å². The first-order chi connectivity index (χ1) is 8.53. The van der Waals surface area contributed by atoms with Gasteiger partial charge in [-0.1, -0.05) is 38.3 Å². The summed E-state index contributed by atoms with van der Waals surface area (Å²) in [6.07, 6.45) is 5.17. The second-order valence-corrected chi connectivity index (χ2v) is 6.19. The van der Waals surface area contributed by atoms with Crippen LogP contribution in [0.15, 0.2) is 18.2 Å². The fourth-order valence-electron chi connectivity index (χ4n) is 2.72. The quantitative estimate of drug-likeness (QED) is 0.855. The molecule has 0 aromatic heterocycles. The highest BCUT2D eigenvalue weighted by Crippen LogP contribution is 2.38. The highest BCUT2D eigenvalue weighted by atomic mass is 35.5. The second kappa shape index (κ2) is 5.40. The molecule has 0 saturated heterocycles. The van der Waals surface area contributed by atoms with Gasteiger partial charge in [-0.05, 0) is 36.5 Å². The normalized spacial score (nSPS) is 22.6. The molecule has 1 aliphatic carbocycles. The molecule has 3 heteroatoms. The molecule has 1 aromatic rings. The van der Waals surface area contributed by atoms with Crippen molar-refractivity contribution in [2.75, 3.05) is 12.4 Å². The third-order valence-corrected chi connectivity index (χ3v) is 4.30. The van der Waals surface area contributed by atoms with E-state index in [0.29, 0.717) is 16.5 Å². The molecular weight excluding hydrogens is 246 g/mol. The molecule has 0 heterocycles. The first-order valence-electron chi connectivity index (χ1n) is 6.63. The van der Waals surface area contributed by atoms with E-state index in [-0.39, 0.29) is 0 Å². The van der Waals surface area contributed by atoms with Gasteiger partial charge in [-0.15, -0.1) is 0 Å². The molecule has 0 amide bonds. The maximum atomic E-state index is 6.15. The van der Waals surface area contributed by atoms with Crippen LogP contribution < -0.4 is 10.1 Å². The van der Waals surface area contributed by atoms with E-state index in [1.54, 1.807) is 7.11 Å². The Kier molecular flexibility index (Phi) is 4.06. The molecule has 0 bridgehead atoms. The van der Waals surface area contributed by atoms with Gasteiger partial charge in [0.05, 0.1) is 12.1 Å². The van der Waals surface area contributed by atoms with Gasteiger partial charge in [0.2, 0.25) is 0 Å². The number of hydrogen-bond donors (Lipinski definition) is 1. The van der Waals surface area contributed by atoms with Crippen LogP contribution in [0.4, 0.5) is 5.69 Å². The summed E-state index contributed by atoms with van der Waals surface area (Å²) in [6.45, 7) is 4.68. The van der Waals surface area contributed by atoms with Gasteiger partial charge >= 0.3 is 0 Å². The van der Waals surface area contributed by atoms with Crippen molar-refractivity contribution in [3.63, 3.8) is 0 Å². The van der Waals surface area contributed by atoms with Gasteiger partial charge in [-0.2, -0.15) is 0 Å². The van der Waals surface area contributed by atoms with Crippen molar-refractivity contribution in [1.82, 2.24) is 0 Å². The summed E-state index contributed by atoms with van der Waals surface area (Å²) in [5.74, 6) is 0.727. The van der Waals surface area contributed by atoms with E-state index < -0.39 is 0 Å². The summed E-state index contributed by atoms with van der Waals surface area (Å²) in [5.41, 5.74) is 1.44. The smallest absolute Gasteiger partial charge is 0.137 e. The average molecular weight is 268 g/mol. The lowest BCUT2D eigenvalue weighted by molar-refractivity contribution is 0.217. The van der Waals surface area contributed by atoms with Gasteiger partial charge in [0.15, 0.2) is 0 Å². The van der Waals surface area contributed by atoms with Crippen molar-refractivity contribution in [3.05, 3.63) is 23.2 Å². The molecule has 1 unspecified atom stereocenters. The van der Waals surface area contributed by atoms with Crippen molar-refractivity contribution in [2.24, 2.45) is 5.41 Å². The maximum Gasteiger partial charge on any atom is 0.137 e. The predicted octanol–water partition coefficient (Wildman–Crippen LogP) is 4.73. The largest absolute Gasteiger partial charge is 0.495 e. The second-order valence-electron chi connectivity index (χ2n) is 5.78. The van der Waals surface area contributed by atoms with Crippen LogP contribution in [0, 0.1) is 5.41 Å². The predicted molar refractivity (Wildman–Crippen MR) is 77.7 cm³/mol. The first kappa shape index (κ1) is 13.5. The van der Waals surface area contributed by atoms with Gasteiger partial charge in [-0.3, -0.25) is 0 Å².